The number of fused-ring (bicyclic) bond motifs is 1. The first kappa shape index (κ1) is 27.6. The molecule has 0 saturated heterocycles. The molecule has 204 valence electrons. The number of ether oxygens (including phenoxy) is 2. The normalized spacial score (nSPS) is 12.2. The zero-order chi connectivity index (χ0) is 28.2. The van der Waals surface area contributed by atoms with Gasteiger partial charge in [-0.1, -0.05) is 30.3 Å². The highest BCUT2D eigenvalue weighted by atomic mass is 19.1. The summed E-state index contributed by atoms with van der Waals surface area (Å²) in [6.45, 7) is 5.57. The Morgan fingerprint density at radius 2 is 1.72 bits per heavy atom. The van der Waals surface area contributed by atoms with Crippen LogP contribution in [0.5, 0.6) is 11.5 Å². The molecule has 1 heterocycles. The highest BCUT2D eigenvalue weighted by Crippen LogP contribution is 2.35. The van der Waals surface area contributed by atoms with E-state index in [1.54, 1.807) is 24.3 Å². The number of aromatic nitrogens is 3. The van der Waals surface area contributed by atoms with Crippen LogP contribution in [0.15, 0.2) is 66.7 Å². The second kappa shape index (κ2) is 11.5. The molecule has 0 aliphatic heterocycles. The molecule has 0 unspecified atom stereocenters. The Balaban J connectivity index is 1.86. The van der Waals surface area contributed by atoms with Gasteiger partial charge in [0.25, 0.3) is 0 Å². The molecule has 4 rings (SSSR count). The fourth-order valence-corrected chi connectivity index (χ4v) is 4.21. The number of rotatable bonds is 10. The third-order valence-corrected chi connectivity index (χ3v) is 6.65. The van der Waals surface area contributed by atoms with Crippen LogP contribution in [0.1, 0.15) is 38.8 Å². The number of methoxy groups -OCH3 is 2. The summed E-state index contributed by atoms with van der Waals surface area (Å²) in [5, 5.41) is 11.3. The first-order valence-electron chi connectivity index (χ1n) is 12.6. The lowest BCUT2D eigenvalue weighted by Crippen LogP contribution is -2.51. The lowest BCUT2D eigenvalue weighted by atomic mass is 9.98. The maximum Gasteiger partial charge on any atom is 0.249 e. The van der Waals surface area contributed by atoms with Gasteiger partial charge < -0.3 is 14.8 Å². The fraction of sp³-hybridized carbons (Fsp3) is 0.310. The van der Waals surface area contributed by atoms with Gasteiger partial charge in [-0.05, 0) is 74.4 Å². The van der Waals surface area contributed by atoms with Crippen molar-refractivity contribution in [2.75, 3.05) is 19.1 Å². The van der Waals surface area contributed by atoms with Crippen molar-refractivity contribution in [3.05, 3.63) is 78.1 Å². The molecule has 0 fully saturated rings. The van der Waals surface area contributed by atoms with Crippen LogP contribution in [-0.4, -0.2) is 46.6 Å². The van der Waals surface area contributed by atoms with Crippen molar-refractivity contribution in [2.45, 2.75) is 45.3 Å². The number of nitrogens with one attached hydrogen (secondary N) is 1. The summed E-state index contributed by atoms with van der Waals surface area (Å²) >= 11 is 0. The summed E-state index contributed by atoms with van der Waals surface area (Å²) in [7, 11) is 3.01. The van der Waals surface area contributed by atoms with E-state index in [-0.39, 0.29) is 6.54 Å². The van der Waals surface area contributed by atoms with Crippen molar-refractivity contribution in [3.8, 4) is 11.5 Å². The second-order valence-electron chi connectivity index (χ2n) is 9.72. The number of carbonyl (C=O) groups is 2. The molecule has 0 radical (unpaired) electrons. The molecule has 39 heavy (non-hydrogen) atoms. The molecule has 1 N–H and O–H groups in total. The van der Waals surface area contributed by atoms with Crippen LogP contribution in [0, 0.1) is 5.82 Å². The Kier molecular flexibility index (Phi) is 8.13. The van der Waals surface area contributed by atoms with Crippen LogP contribution in [0.4, 0.5) is 10.1 Å². The van der Waals surface area contributed by atoms with E-state index in [2.05, 4.69) is 15.6 Å². The van der Waals surface area contributed by atoms with E-state index >= 15 is 0 Å². The number of anilines is 1. The van der Waals surface area contributed by atoms with Gasteiger partial charge in [0, 0.05) is 11.2 Å². The van der Waals surface area contributed by atoms with Gasteiger partial charge in [-0.25, -0.2) is 9.07 Å². The van der Waals surface area contributed by atoms with Crippen LogP contribution in [0.25, 0.3) is 11.0 Å². The zero-order valence-corrected chi connectivity index (χ0v) is 22.6. The summed E-state index contributed by atoms with van der Waals surface area (Å²) in [6, 6.07) is 16.6. The second-order valence-corrected chi connectivity index (χ2v) is 9.72. The SMILES string of the molecule is CCC(C)(C)NC(=O)[C@H](c1ccc(OC)c(OC)c1)N(C(=O)Cn1nnc2ccccc21)c1ccc(F)cc1. The quantitative estimate of drug-likeness (QED) is 0.318. The van der Waals surface area contributed by atoms with Crippen molar-refractivity contribution in [1.29, 1.82) is 0 Å². The minimum absolute atomic E-state index is 0.202. The van der Waals surface area contributed by atoms with E-state index < -0.39 is 29.2 Å². The molecule has 9 nitrogen and oxygen atoms in total. The maximum absolute atomic E-state index is 14.1. The Hall–Kier alpha value is -4.47. The van der Waals surface area contributed by atoms with Crippen LogP contribution < -0.4 is 19.7 Å². The van der Waals surface area contributed by atoms with E-state index in [0.29, 0.717) is 40.2 Å². The average Bonchev–Trinajstić information content (AvgIpc) is 3.34. The van der Waals surface area contributed by atoms with Crippen LogP contribution in [0.3, 0.4) is 0 Å². The van der Waals surface area contributed by atoms with Crippen LogP contribution in [0.2, 0.25) is 0 Å². The molecular weight excluding hydrogens is 501 g/mol. The number of carbonyl (C=O) groups excluding carboxylic acids is 2. The topological polar surface area (TPSA) is 98.6 Å². The molecule has 0 aliphatic carbocycles. The zero-order valence-electron chi connectivity index (χ0n) is 22.6. The van der Waals surface area contributed by atoms with Crippen LogP contribution >= 0.6 is 0 Å². The van der Waals surface area contributed by atoms with Gasteiger partial charge in [0.1, 0.15) is 23.9 Å². The summed E-state index contributed by atoms with van der Waals surface area (Å²) < 4.78 is 26.3. The van der Waals surface area contributed by atoms with Gasteiger partial charge in [0.05, 0.1) is 19.7 Å². The van der Waals surface area contributed by atoms with E-state index in [0.717, 1.165) is 0 Å². The molecule has 4 aromatic rings. The van der Waals surface area contributed by atoms with Gasteiger partial charge in [-0.15, -0.1) is 5.10 Å². The van der Waals surface area contributed by atoms with E-state index in [9.17, 15) is 14.0 Å². The number of benzene rings is 3. The predicted molar refractivity (Wildman–Crippen MR) is 146 cm³/mol. The largest absolute Gasteiger partial charge is 0.493 e. The van der Waals surface area contributed by atoms with Gasteiger partial charge in [0.15, 0.2) is 11.5 Å². The Morgan fingerprint density at radius 1 is 1.03 bits per heavy atom. The summed E-state index contributed by atoms with van der Waals surface area (Å²) in [5.74, 6) is -0.441. The lowest BCUT2D eigenvalue weighted by molar-refractivity contribution is -0.128. The van der Waals surface area contributed by atoms with Gasteiger partial charge in [-0.3, -0.25) is 14.5 Å². The van der Waals surface area contributed by atoms with E-state index in [1.807, 2.05) is 39.0 Å². The molecule has 3 aromatic carbocycles. The molecule has 2 amide bonds. The molecular formula is C29H32FN5O4. The average molecular weight is 534 g/mol. The maximum atomic E-state index is 14.1. The van der Waals surface area contributed by atoms with Gasteiger partial charge in [-0.2, -0.15) is 0 Å². The number of halogens is 1. The molecule has 0 saturated carbocycles. The fourth-order valence-electron chi connectivity index (χ4n) is 4.21. The van der Waals surface area contributed by atoms with Crippen molar-refractivity contribution >= 4 is 28.5 Å². The molecule has 0 bridgehead atoms. The Bertz CT molecular complexity index is 1470. The Morgan fingerprint density at radius 3 is 2.38 bits per heavy atom. The van der Waals surface area contributed by atoms with Crippen molar-refractivity contribution in [1.82, 2.24) is 20.3 Å². The van der Waals surface area contributed by atoms with E-state index in [4.69, 9.17) is 9.47 Å². The molecule has 0 aliphatic rings. The highest BCUT2D eigenvalue weighted by Gasteiger charge is 2.36. The summed E-state index contributed by atoms with van der Waals surface area (Å²) in [5.41, 5.74) is 1.58. The number of hydrogen-bond donors (Lipinski definition) is 1. The molecule has 1 aromatic heterocycles. The van der Waals surface area contributed by atoms with Gasteiger partial charge >= 0.3 is 0 Å². The first-order chi connectivity index (χ1) is 18.7. The number of nitrogens with zero attached hydrogens (tertiary/aromatic N) is 4. The summed E-state index contributed by atoms with van der Waals surface area (Å²) in [4.78, 5) is 29.4. The third-order valence-electron chi connectivity index (χ3n) is 6.65. The first-order valence-corrected chi connectivity index (χ1v) is 12.6. The molecule has 10 heteroatoms. The lowest BCUT2D eigenvalue weighted by Gasteiger charge is -2.34. The highest BCUT2D eigenvalue weighted by molar-refractivity contribution is 6.01. The number of hydrogen-bond acceptors (Lipinski definition) is 6. The summed E-state index contributed by atoms with van der Waals surface area (Å²) in [6.07, 6.45) is 0.660. The smallest absolute Gasteiger partial charge is 0.249 e. The minimum atomic E-state index is -1.12. The number of para-hydroxylation sites is 1. The Labute approximate surface area is 226 Å². The monoisotopic (exact) mass is 533 g/mol. The predicted octanol–water partition coefficient (Wildman–Crippen LogP) is 4.67. The van der Waals surface area contributed by atoms with Crippen molar-refractivity contribution in [3.63, 3.8) is 0 Å². The van der Waals surface area contributed by atoms with Crippen molar-refractivity contribution < 1.29 is 23.5 Å². The van der Waals surface area contributed by atoms with Crippen molar-refractivity contribution in [2.24, 2.45) is 0 Å². The molecule has 1 atom stereocenters. The standard InChI is InChI=1S/C29H32FN5O4/c1-6-29(2,3)31-28(37)27(19-11-16-24(38-4)25(17-19)39-5)35(21-14-12-20(30)13-15-21)26(36)18-34-23-10-8-7-9-22(23)32-33-34/h7-17,27H,6,18H2,1-5H3,(H,31,37)/t27-/m0/s1. The molecule has 0 spiro atoms. The van der Waals surface area contributed by atoms with Gasteiger partial charge in [0.2, 0.25) is 11.8 Å². The minimum Gasteiger partial charge on any atom is -0.493 e. The number of amides is 2. The third kappa shape index (κ3) is 6.00. The van der Waals surface area contributed by atoms with Crippen LogP contribution in [-0.2, 0) is 16.1 Å². The van der Waals surface area contributed by atoms with E-state index in [1.165, 1.54) is 48.1 Å².